The highest BCUT2D eigenvalue weighted by Gasteiger charge is 2.24. The average molecular weight is 328 g/mol. The van der Waals surface area contributed by atoms with Gasteiger partial charge >= 0.3 is 0 Å². The summed E-state index contributed by atoms with van der Waals surface area (Å²) < 4.78 is 6.40. The molecule has 1 atom stereocenters. The molecule has 1 amide bonds. The Bertz CT molecular complexity index is 465. The van der Waals surface area contributed by atoms with E-state index in [4.69, 9.17) is 10.5 Å². The molecule has 0 saturated carbocycles. The molecular formula is C13H18BrN3O2. The van der Waals surface area contributed by atoms with Gasteiger partial charge in [0, 0.05) is 24.1 Å². The minimum atomic E-state index is -0.417. The van der Waals surface area contributed by atoms with E-state index in [1.807, 2.05) is 25.2 Å². The van der Waals surface area contributed by atoms with Gasteiger partial charge in [-0.3, -0.25) is 4.79 Å². The van der Waals surface area contributed by atoms with Crippen LogP contribution in [0.25, 0.3) is 0 Å². The van der Waals surface area contributed by atoms with Gasteiger partial charge in [0.2, 0.25) is 0 Å². The maximum Gasteiger partial charge on any atom is 0.251 e. The number of nitrogens with two attached hydrogens (primary N) is 1. The number of morpholine rings is 1. The van der Waals surface area contributed by atoms with E-state index in [1.54, 1.807) is 0 Å². The fourth-order valence-corrected chi connectivity index (χ4v) is 2.86. The summed E-state index contributed by atoms with van der Waals surface area (Å²) in [6.45, 7) is 2.95. The monoisotopic (exact) mass is 327 g/mol. The molecule has 6 heteroatoms. The Morgan fingerprint density at radius 2 is 2.42 bits per heavy atom. The first-order chi connectivity index (χ1) is 9.13. The van der Waals surface area contributed by atoms with Gasteiger partial charge in [0.25, 0.3) is 5.91 Å². The predicted octanol–water partition coefficient (Wildman–Crippen LogP) is 0.973. The van der Waals surface area contributed by atoms with E-state index in [0.29, 0.717) is 12.2 Å². The van der Waals surface area contributed by atoms with E-state index in [9.17, 15) is 4.79 Å². The molecular weight excluding hydrogens is 310 g/mol. The highest BCUT2D eigenvalue weighted by molar-refractivity contribution is 9.10. The number of likely N-dealkylation sites (N-methyl/N-ethyl adjacent to an activating group) is 1. The fraction of sp³-hybridized carbons (Fsp3) is 0.462. The van der Waals surface area contributed by atoms with Crippen molar-refractivity contribution in [3.8, 4) is 0 Å². The fourth-order valence-electron chi connectivity index (χ4n) is 2.31. The zero-order valence-electron chi connectivity index (χ0n) is 10.9. The van der Waals surface area contributed by atoms with Crippen LogP contribution in [0.1, 0.15) is 10.4 Å². The number of primary amides is 1. The summed E-state index contributed by atoms with van der Waals surface area (Å²) in [5.41, 5.74) is 6.88. The Morgan fingerprint density at radius 3 is 3.11 bits per heavy atom. The number of ether oxygens (including phenoxy) is 1. The van der Waals surface area contributed by atoms with Crippen molar-refractivity contribution in [2.75, 3.05) is 38.2 Å². The molecule has 0 bridgehead atoms. The Hall–Kier alpha value is -1.11. The SMILES string of the molecule is CNCC1CN(c2cccc(Br)c2C(N)=O)CCO1. The molecule has 2 rings (SSSR count). The van der Waals surface area contributed by atoms with Crippen LogP contribution in [-0.4, -0.2) is 45.3 Å². The normalized spacial score (nSPS) is 19.5. The highest BCUT2D eigenvalue weighted by Crippen LogP contribution is 2.28. The zero-order valence-corrected chi connectivity index (χ0v) is 12.4. The molecule has 1 saturated heterocycles. The molecule has 0 aromatic heterocycles. The molecule has 1 aliphatic heterocycles. The van der Waals surface area contributed by atoms with Gasteiger partial charge in [0.1, 0.15) is 0 Å². The van der Waals surface area contributed by atoms with E-state index in [-0.39, 0.29) is 6.10 Å². The van der Waals surface area contributed by atoms with Crippen LogP contribution in [0.15, 0.2) is 22.7 Å². The van der Waals surface area contributed by atoms with Crippen molar-refractivity contribution >= 4 is 27.5 Å². The molecule has 1 aromatic carbocycles. The summed E-state index contributed by atoms with van der Waals surface area (Å²) in [7, 11) is 1.90. The summed E-state index contributed by atoms with van der Waals surface area (Å²) >= 11 is 3.39. The Balaban J connectivity index is 2.26. The van der Waals surface area contributed by atoms with Crippen LogP contribution in [0.2, 0.25) is 0 Å². The number of carbonyl (C=O) groups is 1. The molecule has 1 heterocycles. The van der Waals surface area contributed by atoms with Gasteiger partial charge in [-0.15, -0.1) is 0 Å². The van der Waals surface area contributed by atoms with Gasteiger partial charge in [0.05, 0.1) is 24.0 Å². The number of hydrogen-bond acceptors (Lipinski definition) is 4. The highest BCUT2D eigenvalue weighted by atomic mass is 79.9. The summed E-state index contributed by atoms with van der Waals surface area (Å²) in [5.74, 6) is -0.417. The Morgan fingerprint density at radius 1 is 1.63 bits per heavy atom. The maximum absolute atomic E-state index is 11.6. The molecule has 1 unspecified atom stereocenters. The molecule has 1 fully saturated rings. The molecule has 1 aliphatic rings. The van der Waals surface area contributed by atoms with Crippen LogP contribution in [0, 0.1) is 0 Å². The minimum absolute atomic E-state index is 0.124. The van der Waals surface area contributed by atoms with Crippen molar-refractivity contribution in [1.82, 2.24) is 5.32 Å². The average Bonchev–Trinajstić information content (AvgIpc) is 2.38. The van der Waals surface area contributed by atoms with Crippen molar-refractivity contribution in [2.45, 2.75) is 6.10 Å². The van der Waals surface area contributed by atoms with Crippen molar-refractivity contribution in [3.05, 3.63) is 28.2 Å². The lowest BCUT2D eigenvalue weighted by Crippen LogP contribution is -2.46. The van der Waals surface area contributed by atoms with Gasteiger partial charge < -0.3 is 20.7 Å². The number of amides is 1. The topological polar surface area (TPSA) is 67.6 Å². The minimum Gasteiger partial charge on any atom is -0.373 e. The number of halogens is 1. The first-order valence-electron chi connectivity index (χ1n) is 6.23. The third-order valence-corrected chi connectivity index (χ3v) is 3.81. The van der Waals surface area contributed by atoms with Crippen molar-refractivity contribution in [3.63, 3.8) is 0 Å². The van der Waals surface area contributed by atoms with Crippen molar-refractivity contribution in [2.24, 2.45) is 5.73 Å². The van der Waals surface area contributed by atoms with E-state index in [0.717, 1.165) is 29.8 Å². The van der Waals surface area contributed by atoms with Crippen molar-refractivity contribution in [1.29, 1.82) is 0 Å². The van der Waals surface area contributed by atoms with E-state index >= 15 is 0 Å². The molecule has 0 spiro atoms. The molecule has 19 heavy (non-hydrogen) atoms. The molecule has 0 radical (unpaired) electrons. The number of anilines is 1. The Labute approximate surface area is 121 Å². The van der Waals surface area contributed by atoms with Crippen LogP contribution >= 0.6 is 15.9 Å². The second-order valence-corrected chi connectivity index (χ2v) is 5.35. The van der Waals surface area contributed by atoms with Gasteiger partial charge in [-0.1, -0.05) is 6.07 Å². The summed E-state index contributed by atoms with van der Waals surface area (Å²) in [4.78, 5) is 13.8. The lowest BCUT2D eigenvalue weighted by atomic mass is 10.1. The number of nitrogens with one attached hydrogen (secondary N) is 1. The van der Waals surface area contributed by atoms with Crippen LogP contribution in [0.3, 0.4) is 0 Å². The van der Waals surface area contributed by atoms with Crippen LogP contribution in [0.5, 0.6) is 0 Å². The van der Waals surface area contributed by atoms with Gasteiger partial charge in [-0.25, -0.2) is 0 Å². The number of hydrogen-bond donors (Lipinski definition) is 2. The summed E-state index contributed by atoms with van der Waals surface area (Å²) in [6.07, 6.45) is 0.124. The summed E-state index contributed by atoms with van der Waals surface area (Å²) in [5, 5.41) is 3.11. The molecule has 0 aliphatic carbocycles. The largest absolute Gasteiger partial charge is 0.373 e. The third kappa shape index (κ3) is 3.26. The lowest BCUT2D eigenvalue weighted by Gasteiger charge is -2.35. The van der Waals surface area contributed by atoms with E-state index in [1.165, 1.54) is 0 Å². The van der Waals surface area contributed by atoms with Crippen molar-refractivity contribution < 1.29 is 9.53 Å². The number of carbonyl (C=O) groups excluding carboxylic acids is 1. The van der Waals surface area contributed by atoms with Gasteiger partial charge in [-0.05, 0) is 35.1 Å². The quantitative estimate of drug-likeness (QED) is 0.864. The predicted molar refractivity (Wildman–Crippen MR) is 78.5 cm³/mol. The smallest absolute Gasteiger partial charge is 0.251 e. The number of nitrogens with zero attached hydrogens (tertiary/aromatic N) is 1. The van der Waals surface area contributed by atoms with Gasteiger partial charge in [-0.2, -0.15) is 0 Å². The number of benzene rings is 1. The standard InChI is InChI=1S/C13H18BrN3O2/c1-16-7-9-8-17(5-6-19-9)11-4-2-3-10(14)12(11)13(15)18/h2-4,9,16H,5-8H2,1H3,(H2,15,18). The first kappa shape index (κ1) is 14.3. The zero-order chi connectivity index (χ0) is 13.8. The number of rotatable bonds is 4. The molecule has 1 aromatic rings. The first-order valence-corrected chi connectivity index (χ1v) is 7.02. The van der Waals surface area contributed by atoms with Crippen LogP contribution in [-0.2, 0) is 4.74 Å². The third-order valence-electron chi connectivity index (χ3n) is 3.15. The maximum atomic E-state index is 11.6. The lowest BCUT2D eigenvalue weighted by molar-refractivity contribution is 0.0421. The van der Waals surface area contributed by atoms with Gasteiger partial charge in [0.15, 0.2) is 0 Å². The van der Waals surface area contributed by atoms with E-state index < -0.39 is 5.91 Å². The Kier molecular flexibility index (Phi) is 4.79. The van der Waals surface area contributed by atoms with Crippen LogP contribution < -0.4 is 16.0 Å². The molecule has 104 valence electrons. The summed E-state index contributed by atoms with van der Waals surface area (Å²) in [6, 6.07) is 5.66. The van der Waals surface area contributed by atoms with E-state index in [2.05, 4.69) is 26.1 Å². The molecule has 3 N–H and O–H groups in total. The second kappa shape index (κ2) is 6.36. The molecule has 5 nitrogen and oxygen atoms in total. The second-order valence-electron chi connectivity index (χ2n) is 4.49. The van der Waals surface area contributed by atoms with Crippen LogP contribution in [0.4, 0.5) is 5.69 Å².